The molecular weight excluding hydrogens is 198 g/mol. The molecule has 0 saturated heterocycles. The van der Waals surface area contributed by atoms with E-state index in [1.54, 1.807) is 0 Å². The fourth-order valence-electron chi connectivity index (χ4n) is 1.67. The van der Waals surface area contributed by atoms with Gasteiger partial charge in [-0.2, -0.15) is 0 Å². The molecule has 0 atom stereocenters. The van der Waals surface area contributed by atoms with Crippen LogP contribution in [0, 0.1) is 5.92 Å². The Labute approximate surface area is 91.4 Å². The van der Waals surface area contributed by atoms with Crippen molar-refractivity contribution in [3.63, 3.8) is 0 Å². The highest BCUT2D eigenvalue weighted by Gasteiger charge is 2.37. The maximum atomic E-state index is 11.5. The lowest BCUT2D eigenvalue weighted by Crippen LogP contribution is -2.55. The summed E-state index contributed by atoms with van der Waals surface area (Å²) in [6.07, 6.45) is 4.88. The van der Waals surface area contributed by atoms with Crippen LogP contribution in [-0.2, 0) is 4.79 Å². The molecular formula is C11H20ClNO. The Kier molecular flexibility index (Phi) is 4.24. The number of alkyl halides is 1. The van der Waals surface area contributed by atoms with Crippen molar-refractivity contribution >= 4 is 17.5 Å². The van der Waals surface area contributed by atoms with Crippen molar-refractivity contribution in [2.24, 2.45) is 5.92 Å². The van der Waals surface area contributed by atoms with Gasteiger partial charge in [0.05, 0.1) is 5.54 Å². The van der Waals surface area contributed by atoms with Crippen LogP contribution in [0.3, 0.4) is 0 Å². The van der Waals surface area contributed by atoms with Crippen molar-refractivity contribution in [1.29, 1.82) is 0 Å². The summed E-state index contributed by atoms with van der Waals surface area (Å²) in [4.78, 5) is 11.5. The van der Waals surface area contributed by atoms with Crippen LogP contribution in [0.15, 0.2) is 0 Å². The van der Waals surface area contributed by atoms with Crippen LogP contribution in [-0.4, -0.2) is 17.3 Å². The summed E-state index contributed by atoms with van der Waals surface area (Å²) in [7, 11) is 0. The van der Waals surface area contributed by atoms with Gasteiger partial charge in [-0.05, 0) is 31.6 Å². The number of amides is 1. The van der Waals surface area contributed by atoms with Gasteiger partial charge in [-0.1, -0.05) is 13.8 Å². The number of carbonyl (C=O) groups excluding carboxylic acids is 1. The predicted octanol–water partition coefficient (Wildman–Crippen LogP) is 2.70. The highest BCUT2D eigenvalue weighted by molar-refractivity contribution is 6.18. The molecule has 0 spiro atoms. The molecule has 0 aromatic carbocycles. The number of halogens is 1. The summed E-state index contributed by atoms with van der Waals surface area (Å²) in [5, 5.41) is 3.06. The Hall–Kier alpha value is -0.240. The van der Waals surface area contributed by atoms with Gasteiger partial charge < -0.3 is 5.32 Å². The summed E-state index contributed by atoms with van der Waals surface area (Å²) >= 11 is 5.85. The van der Waals surface area contributed by atoms with Gasteiger partial charge in [0.1, 0.15) is 0 Å². The van der Waals surface area contributed by atoms with Gasteiger partial charge in [0.2, 0.25) is 5.91 Å². The highest BCUT2D eigenvalue weighted by atomic mass is 35.5. The molecule has 1 fully saturated rings. The van der Waals surface area contributed by atoms with Crippen molar-refractivity contribution < 1.29 is 4.79 Å². The first-order chi connectivity index (χ1) is 6.58. The van der Waals surface area contributed by atoms with E-state index in [0.717, 1.165) is 19.3 Å². The zero-order valence-corrected chi connectivity index (χ0v) is 9.86. The average Bonchev–Trinajstić information content (AvgIpc) is 2.08. The number of nitrogens with one attached hydrogen (secondary N) is 1. The molecule has 0 aromatic rings. The van der Waals surface area contributed by atoms with E-state index in [9.17, 15) is 4.79 Å². The smallest absolute Gasteiger partial charge is 0.220 e. The molecule has 0 aromatic heterocycles. The van der Waals surface area contributed by atoms with Gasteiger partial charge in [-0.25, -0.2) is 0 Å². The average molecular weight is 218 g/mol. The molecule has 1 aliphatic rings. The van der Waals surface area contributed by atoms with E-state index in [1.165, 1.54) is 6.42 Å². The van der Waals surface area contributed by atoms with E-state index in [4.69, 9.17) is 11.6 Å². The fraction of sp³-hybridized carbons (Fsp3) is 0.909. The Morgan fingerprint density at radius 1 is 1.50 bits per heavy atom. The fourth-order valence-corrected chi connectivity index (χ4v) is 2.01. The number of rotatable bonds is 5. The van der Waals surface area contributed by atoms with Gasteiger partial charge in [-0.15, -0.1) is 11.6 Å². The van der Waals surface area contributed by atoms with Crippen molar-refractivity contribution in [2.45, 2.75) is 51.5 Å². The monoisotopic (exact) mass is 217 g/mol. The zero-order valence-electron chi connectivity index (χ0n) is 9.11. The molecule has 1 saturated carbocycles. The molecule has 1 rings (SSSR count). The van der Waals surface area contributed by atoms with Crippen LogP contribution in [0.5, 0.6) is 0 Å². The first kappa shape index (κ1) is 11.8. The van der Waals surface area contributed by atoms with Crippen molar-refractivity contribution in [2.75, 3.05) is 5.88 Å². The molecule has 3 heteroatoms. The third-order valence-electron chi connectivity index (χ3n) is 2.92. The molecule has 0 bridgehead atoms. The molecule has 0 unspecified atom stereocenters. The van der Waals surface area contributed by atoms with E-state index < -0.39 is 0 Å². The molecule has 0 heterocycles. The van der Waals surface area contributed by atoms with E-state index in [1.807, 2.05) is 0 Å². The van der Waals surface area contributed by atoms with E-state index in [-0.39, 0.29) is 11.4 Å². The third kappa shape index (κ3) is 3.16. The van der Waals surface area contributed by atoms with Crippen LogP contribution in [0.25, 0.3) is 0 Å². The minimum absolute atomic E-state index is 0.0599. The maximum Gasteiger partial charge on any atom is 0.220 e. The first-order valence-electron chi connectivity index (χ1n) is 5.45. The maximum absolute atomic E-state index is 11.5. The van der Waals surface area contributed by atoms with Crippen molar-refractivity contribution in [1.82, 2.24) is 5.32 Å². The van der Waals surface area contributed by atoms with Crippen molar-refractivity contribution in [3.8, 4) is 0 Å². The zero-order chi connectivity index (χ0) is 10.6. The summed E-state index contributed by atoms with van der Waals surface area (Å²) in [6, 6.07) is 0. The van der Waals surface area contributed by atoms with E-state index in [2.05, 4.69) is 19.2 Å². The van der Waals surface area contributed by atoms with Gasteiger partial charge in [0, 0.05) is 12.3 Å². The van der Waals surface area contributed by atoms with Gasteiger partial charge >= 0.3 is 0 Å². The lowest BCUT2D eigenvalue weighted by atomic mass is 9.78. The second kappa shape index (κ2) is 5.01. The summed E-state index contributed by atoms with van der Waals surface area (Å²) in [5.41, 5.74) is -0.0599. The molecule has 0 aliphatic heterocycles. The molecule has 82 valence electrons. The molecule has 1 aliphatic carbocycles. The third-order valence-corrected chi connectivity index (χ3v) is 3.43. The van der Waals surface area contributed by atoms with Gasteiger partial charge in [0.25, 0.3) is 0 Å². The minimum Gasteiger partial charge on any atom is -0.349 e. The molecule has 1 amide bonds. The molecule has 0 radical (unpaired) electrons. The standard InChI is InChI=1S/C11H20ClNO/c1-9(2)4-5-10(14)13-11(8-12)6-3-7-11/h9H,3-8H2,1-2H3,(H,13,14). The van der Waals surface area contributed by atoms with Crippen LogP contribution in [0.2, 0.25) is 0 Å². The predicted molar refractivity (Wildman–Crippen MR) is 59.5 cm³/mol. The van der Waals surface area contributed by atoms with Crippen LogP contribution >= 0.6 is 11.6 Å². The quantitative estimate of drug-likeness (QED) is 0.705. The van der Waals surface area contributed by atoms with Crippen LogP contribution in [0.1, 0.15) is 46.0 Å². The minimum atomic E-state index is -0.0599. The second-order valence-electron chi connectivity index (χ2n) is 4.75. The molecule has 2 nitrogen and oxygen atoms in total. The normalized spacial score (nSPS) is 19.1. The van der Waals surface area contributed by atoms with Gasteiger partial charge in [-0.3, -0.25) is 4.79 Å². The SMILES string of the molecule is CC(C)CCC(=O)NC1(CCl)CCC1. The highest BCUT2D eigenvalue weighted by Crippen LogP contribution is 2.32. The Morgan fingerprint density at radius 2 is 2.14 bits per heavy atom. The van der Waals surface area contributed by atoms with Crippen LogP contribution < -0.4 is 5.32 Å². The Balaban J connectivity index is 2.25. The summed E-state index contributed by atoms with van der Waals surface area (Å²) in [5.74, 6) is 1.31. The van der Waals surface area contributed by atoms with Crippen molar-refractivity contribution in [3.05, 3.63) is 0 Å². The van der Waals surface area contributed by atoms with Gasteiger partial charge in [0.15, 0.2) is 0 Å². The number of hydrogen-bond acceptors (Lipinski definition) is 1. The first-order valence-corrected chi connectivity index (χ1v) is 5.98. The topological polar surface area (TPSA) is 29.1 Å². The molecule has 1 N–H and O–H groups in total. The Bertz CT molecular complexity index is 194. The lowest BCUT2D eigenvalue weighted by Gasteiger charge is -2.41. The summed E-state index contributed by atoms with van der Waals surface area (Å²) < 4.78 is 0. The van der Waals surface area contributed by atoms with Crippen LogP contribution in [0.4, 0.5) is 0 Å². The van der Waals surface area contributed by atoms with E-state index in [0.29, 0.717) is 18.2 Å². The summed E-state index contributed by atoms with van der Waals surface area (Å²) in [6.45, 7) is 4.27. The largest absolute Gasteiger partial charge is 0.349 e. The second-order valence-corrected chi connectivity index (χ2v) is 5.02. The molecule has 14 heavy (non-hydrogen) atoms. The Morgan fingerprint density at radius 3 is 2.50 bits per heavy atom. The number of hydrogen-bond donors (Lipinski definition) is 1. The van der Waals surface area contributed by atoms with E-state index >= 15 is 0 Å². The lowest BCUT2D eigenvalue weighted by molar-refractivity contribution is -0.124. The number of carbonyl (C=O) groups is 1.